The van der Waals surface area contributed by atoms with Crippen molar-refractivity contribution in [2.45, 2.75) is 33.1 Å². The van der Waals surface area contributed by atoms with Crippen molar-refractivity contribution in [2.24, 2.45) is 5.92 Å². The van der Waals surface area contributed by atoms with Crippen molar-refractivity contribution >= 4 is 17.3 Å². The van der Waals surface area contributed by atoms with Crippen LogP contribution in [0.5, 0.6) is 0 Å². The van der Waals surface area contributed by atoms with Crippen molar-refractivity contribution in [3.63, 3.8) is 0 Å². The van der Waals surface area contributed by atoms with E-state index in [0.29, 0.717) is 0 Å². The number of thiocarbonyl (C=S) groups is 1. The first-order valence-electron chi connectivity index (χ1n) is 5.30. The van der Waals surface area contributed by atoms with Gasteiger partial charge in [-0.2, -0.15) is 0 Å². The first-order valence-corrected chi connectivity index (χ1v) is 5.71. The third kappa shape index (κ3) is 3.14. The first kappa shape index (κ1) is 10.8. The lowest BCUT2D eigenvalue weighted by atomic mass is 10.0. The highest BCUT2D eigenvalue weighted by Crippen LogP contribution is 2.20. The maximum Gasteiger partial charge on any atom is 0.168 e. The maximum absolute atomic E-state index is 5.26. The minimum Gasteiger partial charge on any atom is -0.363 e. The Morgan fingerprint density at radius 3 is 2.92 bits per heavy atom. The number of nitrogens with zero attached hydrogens (tertiary/aromatic N) is 1. The van der Waals surface area contributed by atoms with Crippen LogP contribution < -0.4 is 5.32 Å². The number of nitrogens with one attached hydrogen (secondary N) is 1. The van der Waals surface area contributed by atoms with Crippen LogP contribution in [-0.2, 0) is 0 Å². The minimum atomic E-state index is 0.876. The fourth-order valence-electron chi connectivity index (χ4n) is 1.92. The summed E-state index contributed by atoms with van der Waals surface area (Å²) in [4.78, 5) is 2.30. The van der Waals surface area contributed by atoms with Gasteiger partial charge in [0.1, 0.15) is 0 Å². The van der Waals surface area contributed by atoms with Crippen LogP contribution in [0.1, 0.15) is 33.1 Å². The second-order valence-corrected chi connectivity index (χ2v) is 4.11. The molecule has 0 aromatic rings. The fourth-order valence-corrected chi connectivity index (χ4v) is 2.23. The molecule has 2 nitrogen and oxygen atoms in total. The van der Waals surface area contributed by atoms with E-state index in [9.17, 15) is 0 Å². The Morgan fingerprint density at radius 2 is 2.31 bits per heavy atom. The van der Waals surface area contributed by atoms with Gasteiger partial charge in [0, 0.05) is 19.6 Å². The Balaban J connectivity index is 2.27. The molecule has 76 valence electrons. The lowest BCUT2D eigenvalue weighted by molar-refractivity contribution is 0.453. The molecule has 1 rings (SSSR count). The molecule has 1 atom stereocenters. The fraction of sp³-hybridized carbons (Fsp3) is 0.900. The van der Waals surface area contributed by atoms with Crippen LogP contribution in [0.4, 0.5) is 0 Å². The number of hydrogen-bond donors (Lipinski definition) is 1. The summed E-state index contributed by atoms with van der Waals surface area (Å²) in [6.07, 6.45) is 3.97. The molecule has 0 aromatic carbocycles. The largest absolute Gasteiger partial charge is 0.363 e. The van der Waals surface area contributed by atoms with Gasteiger partial charge in [0.05, 0.1) is 0 Å². The van der Waals surface area contributed by atoms with E-state index in [-0.39, 0.29) is 0 Å². The van der Waals surface area contributed by atoms with Crippen molar-refractivity contribution in [1.82, 2.24) is 10.2 Å². The highest BCUT2D eigenvalue weighted by molar-refractivity contribution is 7.80. The van der Waals surface area contributed by atoms with Crippen LogP contribution in [0.3, 0.4) is 0 Å². The zero-order valence-electron chi connectivity index (χ0n) is 8.68. The lowest BCUT2D eigenvalue weighted by Gasteiger charge is -2.19. The second kappa shape index (κ2) is 5.43. The molecule has 0 saturated carbocycles. The van der Waals surface area contributed by atoms with E-state index in [4.69, 9.17) is 12.2 Å². The van der Waals surface area contributed by atoms with Crippen molar-refractivity contribution in [1.29, 1.82) is 0 Å². The van der Waals surface area contributed by atoms with E-state index in [1.54, 1.807) is 0 Å². The van der Waals surface area contributed by atoms with Gasteiger partial charge in [0.15, 0.2) is 5.11 Å². The van der Waals surface area contributed by atoms with Crippen LogP contribution in [0.2, 0.25) is 0 Å². The quantitative estimate of drug-likeness (QED) is 0.702. The molecule has 0 bridgehead atoms. The topological polar surface area (TPSA) is 15.3 Å². The standard InChI is InChI=1S/C10H20N2S/c1-3-5-9-6-7-12(8-9)10(13)11-4-2/h9H,3-8H2,1-2H3,(H,11,13). The monoisotopic (exact) mass is 200 g/mol. The van der Waals surface area contributed by atoms with E-state index in [1.807, 2.05) is 0 Å². The summed E-state index contributed by atoms with van der Waals surface area (Å²) in [5.74, 6) is 0.876. The number of hydrogen-bond acceptors (Lipinski definition) is 1. The summed E-state index contributed by atoms with van der Waals surface area (Å²) in [7, 11) is 0. The summed E-state index contributed by atoms with van der Waals surface area (Å²) in [6, 6.07) is 0. The molecule has 0 radical (unpaired) electrons. The van der Waals surface area contributed by atoms with Crippen LogP contribution >= 0.6 is 12.2 Å². The summed E-state index contributed by atoms with van der Waals surface area (Å²) < 4.78 is 0. The van der Waals surface area contributed by atoms with E-state index in [1.165, 1.54) is 25.8 Å². The van der Waals surface area contributed by atoms with Gasteiger partial charge in [-0.25, -0.2) is 0 Å². The lowest BCUT2D eigenvalue weighted by Crippen LogP contribution is -2.38. The molecule has 3 heteroatoms. The molecular formula is C10H20N2S. The van der Waals surface area contributed by atoms with Crippen molar-refractivity contribution in [3.8, 4) is 0 Å². The summed E-state index contributed by atoms with van der Waals surface area (Å²) >= 11 is 5.26. The molecule has 0 spiro atoms. The van der Waals surface area contributed by atoms with E-state index in [0.717, 1.165) is 24.1 Å². The molecule has 1 fully saturated rings. The van der Waals surface area contributed by atoms with Crippen LogP contribution in [-0.4, -0.2) is 29.6 Å². The highest BCUT2D eigenvalue weighted by atomic mass is 32.1. The van der Waals surface area contributed by atoms with Gasteiger partial charge in [-0.1, -0.05) is 13.3 Å². The summed E-state index contributed by atoms with van der Waals surface area (Å²) in [6.45, 7) is 7.60. The molecule has 0 aliphatic carbocycles. The Hall–Kier alpha value is -0.310. The smallest absolute Gasteiger partial charge is 0.168 e. The van der Waals surface area contributed by atoms with Crippen molar-refractivity contribution in [2.75, 3.05) is 19.6 Å². The Bertz CT molecular complexity index is 170. The van der Waals surface area contributed by atoms with Gasteiger partial charge in [-0.05, 0) is 37.9 Å². The molecule has 1 saturated heterocycles. The maximum atomic E-state index is 5.26. The molecule has 0 aromatic heterocycles. The third-order valence-electron chi connectivity index (χ3n) is 2.60. The molecule has 1 unspecified atom stereocenters. The summed E-state index contributed by atoms with van der Waals surface area (Å²) in [5.41, 5.74) is 0. The molecular weight excluding hydrogens is 180 g/mol. The summed E-state index contributed by atoms with van der Waals surface area (Å²) in [5, 5.41) is 4.15. The van der Waals surface area contributed by atoms with Gasteiger partial charge < -0.3 is 10.2 Å². The van der Waals surface area contributed by atoms with Crippen LogP contribution in [0, 0.1) is 5.92 Å². The van der Waals surface area contributed by atoms with E-state index < -0.39 is 0 Å². The predicted octanol–water partition coefficient (Wildman–Crippen LogP) is 2.00. The van der Waals surface area contributed by atoms with Crippen LogP contribution in [0.15, 0.2) is 0 Å². The molecule has 1 aliphatic rings. The van der Waals surface area contributed by atoms with E-state index >= 15 is 0 Å². The molecule has 1 N–H and O–H groups in total. The number of likely N-dealkylation sites (tertiary alicyclic amines) is 1. The van der Waals surface area contributed by atoms with Crippen LogP contribution in [0.25, 0.3) is 0 Å². The van der Waals surface area contributed by atoms with Gasteiger partial charge >= 0.3 is 0 Å². The molecule has 1 aliphatic heterocycles. The molecule has 13 heavy (non-hydrogen) atoms. The van der Waals surface area contributed by atoms with Crippen molar-refractivity contribution in [3.05, 3.63) is 0 Å². The predicted molar refractivity (Wildman–Crippen MR) is 60.9 cm³/mol. The molecule has 1 heterocycles. The van der Waals surface area contributed by atoms with Gasteiger partial charge in [-0.15, -0.1) is 0 Å². The Kier molecular flexibility index (Phi) is 4.50. The highest BCUT2D eigenvalue weighted by Gasteiger charge is 2.22. The normalized spacial score (nSPS) is 22.0. The SMILES string of the molecule is CCCC1CCN(C(=S)NCC)C1. The Morgan fingerprint density at radius 1 is 1.54 bits per heavy atom. The van der Waals surface area contributed by atoms with Gasteiger partial charge in [0.2, 0.25) is 0 Å². The average molecular weight is 200 g/mol. The Labute approximate surface area is 86.7 Å². The van der Waals surface area contributed by atoms with Crippen molar-refractivity contribution < 1.29 is 0 Å². The third-order valence-corrected chi connectivity index (χ3v) is 3.00. The second-order valence-electron chi connectivity index (χ2n) is 3.72. The first-order chi connectivity index (χ1) is 6.27. The zero-order valence-corrected chi connectivity index (χ0v) is 9.49. The van der Waals surface area contributed by atoms with E-state index in [2.05, 4.69) is 24.1 Å². The molecule has 0 amide bonds. The number of rotatable bonds is 3. The minimum absolute atomic E-state index is 0.876. The average Bonchev–Trinajstić information content (AvgIpc) is 2.54. The van der Waals surface area contributed by atoms with Gasteiger partial charge in [-0.3, -0.25) is 0 Å². The van der Waals surface area contributed by atoms with Gasteiger partial charge in [0.25, 0.3) is 0 Å². The zero-order chi connectivity index (χ0) is 9.68.